The fourth-order valence-corrected chi connectivity index (χ4v) is 3.08. The molecule has 2 aromatic carbocycles. The van der Waals surface area contributed by atoms with Crippen LogP contribution in [0.5, 0.6) is 0 Å². The van der Waals surface area contributed by atoms with E-state index in [0.717, 1.165) is 16.5 Å². The van der Waals surface area contributed by atoms with Gasteiger partial charge in [-0.05, 0) is 36.8 Å². The lowest BCUT2D eigenvalue weighted by Crippen LogP contribution is -2.17. The molecule has 0 aliphatic rings. The Hall–Kier alpha value is -3.56. The van der Waals surface area contributed by atoms with Crippen LogP contribution in [0.1, 0.15) is 11.1 Å². The number of nitriles is 1. The second-order valence-corrected chi connectivity index (χ2v) is 6.72. The van der Waals surface area contributed by atoms with Crippen LogP contribution in [-0.4, -0.2) is 16.4 Å². The van der Waals surface area contributed by atoms with E-state index in [9.17, 15) is 14.9 Å². The Morgan fingerprint density at radius 3 is 2.75 bits per heavy atom. The number of aryl methyl sites for hydroxylation is 1. The normalized spacial score (nSPS) is 11.2. The van der Waals surface area contributed by atoms with Gasteiger partial charge in [0.2, 0.25) is 5.91 Å². The minimum atomic E-state index is -0.542. The van der Waals surface area contributed by atoms with Gasteiger partial charge in [-0.2, -0.15) is 5.26 Å². The molecule has 0 aliphatic heterocycles. The molecule has 7 heteroatoms. The minimum Gasteiger partial charge on any atom is -0.368 e. The van der Waals surface area contributed by atoms with Gasteiger partial charge in [-0.25, -0.2) is 0 Å². The molecule has 6 nitrogen and oxygen atoms in total. The molecule has 1 heterocycles. The second-order valence-electron chi connectivity index (χ2n) is 6.28. The minimum absolute atomic E-state index is 0.00411. The summed E-state index contributed by atoms with van der Waals surface area (Å²) in [5, 5.41) is 13.5. The number of rotatable bonds is 5. The van der Waals surface area contributed by atoms with Crippen LogP contribution in [-0.2, 0) is 16.1 Å². The Morgan fingerprint density at radius 2 is 2.04 bits per heavy atom. The molecule has 0 aliphatic carbocycles. The average molecular weight is 393 g/mol. The molecule has 3 aromatic rings. The van der Waals surface area contributed by atoms with Gasteiger partial charge in [0, 0.05) is 33.4 Å². The highest BCUT2D eigenvalue weighted by Gasteiger charge is 2.14. The lowest BCUT2D eigenvalue weighted by Gasteiger charge is -2.08. The first-order valence-corrected chi connectivity index (χ1v) is 8.82. The maximum atomic E-state index is 12.6. The van der Waals surface area contributed by atoms with Crippen LogP contribution >= 0.6 is 11.6 Å². The summed E-state index contributed by atoms with van der Waals surface area (Å²) in [6.45, 7) is 1.84. The van der Waals surface area contributed by atoms with Crippen molar-refractivity contribution >= 4 is 46.1 Å². The summed E-state index contributed by atoms with van der Waals surface area (Å²) in [6.07, 6.45) is 3.19. The van der Waals surface area contributed by atoms with Gasteiger partial charge < -0.3 is 15.6 Å². The third-order valence-corrected chi connectivity index (χ3v) is 4.49. The summed E-state index contributed by atoms with van der Waals surface area (Å²) in [4.78, 5) is 23.9. The summed E-state index contributed by atoms with van der Waals surface area (Å²) in [6, 6.07) is 14.4. The van der Waals surface area contributed by atoms with Crippen molar-refractivity contribution in [3.8, 4) is 6.07 Å². The highest BCUT2D eigenvalue weighted by Crippen LogP contribution is 2.25. The van der Waals surface area contributed by atoms with E-state index in [-0.39, 0.29) is 12.1 Å². The highest BCUT2D eigenvalue weighted by molar-refractivity contribution is 6.31. The Labute approximate surface area is 166 Å². The van der Waals surface area contributed by atoms with Crippen LogP contribution in [0, 0.1) is 18.3 Å². The first-order chi connectivity index (χ1) is 13.4. The van der Waals surface area contributed by atoms with Crippen LogP contribution in [0.2, 0.25) is 5.02 Å². The molecule has 2 amide bonds. The molecule has 0 saturated carbocycles. The lowest BCUT2D eigenvalue weighted by atomic mass is 10.1. The zero-order valence-corrected chi connectivity index (χ0v) is 15.8. The topological polar surface area (TPSA) is 101 Å². The summed E-state index contributed by atoms with van der Waals surface area (Å²) in [5.41, 5.74) is 8.04. The van der Waals surface area contributed by atoms with E-state index >= 15 is 0 Å². The van der Waals surface area contributed by atoms with Crippen molar-refractivity contribution in [1.29, 1.82) is 5.26 Å². The Morgan fingerprint density at radius 1 is 1.29 bits per heavy atom. The molecule has 0 unspecified atom stereocenters. The van der Waals surface area contributed by atoms with Crippen molar-refractivity contribution in [2.45, 2.75) is 13.5 Å². The number of hydrogen-bond acceptors (Lipinski definition) is 3. The third kappa shape index (κ3) is 4.05. The molecule has 140 valence electrons. The number of carbonyl (C=O) groups is 2. The monoisotopic (exact) mass is 392 g/mol. The number of benzene rings is 2. The summed E-state index contributed by atoms with van der Waals surface area (Å²) >= 11 is 5.98. The number of carbonyl (C=O) groups excluding carboxylic acids is 2. The van der Waals surface area contributed by atoms with Crippen molar-refractivity contribution in [3.63, 3.8) is 0 Å². The fraction of sp³-hybridized carbons (Fsp3) is 0.0952. The van der Waals surface area contributed by atoms with Crippen molar-refractivity contribution in [2.24, 2.45) is 5.73 Å². The molecule has 0 bridgehead atoms. The van der Waals surface area contributed by atoms with Crippen LogP contribution in [0.3, 0.4) is 0 Å². The van der Waals surface area contributed by atoms with Crippen molar-refractivity contribution < 1.29 is 9.59 Å². The van der Waals surface area contributed by atoms with Gasteiger partial charge in [-0.15, -0.1) is 0 Å². The number of hydrogen-bond donors (Lipinski definition) is 2. The van der Waals surface area contributed by atoms with Crippen LogP contribution in [0.15, 0.2) is 54.2 Å². The van der Waals surface area contributed by atoms with E-state index in [4.69, 9.17) is 17.3 Å². The Balaban J connectivity index is 1.99. The number of fused-ring (bicyclic) bond motifs is 1. The number of halogens is 1. The molecular weight excluding hydrogens is 376 g/mol. The summed E-state index contributed by atoms with van der Waals surface area (Å²) < 4.78 is 1.69. The number of nitrogens with two attached hydrogens (primary N) is 1. The van der Waals surface area contributed by atoms with Gasteiger partial charge in [0.25, 0.3) is 5.91 Å². The van der Waals surface area contributed by atoms with E-state index in [1.807, 2.05) is 37.3 Å². The summed E-state index contributed by atoms with van der Waals surface area (Å²) in [7, 11) is 0. The van der Waals surface area contributed by atoms with E-state index in [1.165, 1.54) is 6.08 Å². The number of anilines is 1. The predicted molar refractivity (Wildman–Crippen MR) is 110 cm³/mol. The van der Waals surface area contributed by atoms with Gasteiger partial charge in [-0.3, -0.25) is 9.59 Å². The first-order valence-electron chi connectivity index (χ1n) is 8.44. The third-order valence-electron chi connectivity index (χ3n) is 4.26. The molecule has 0 fully saturated rings. The largest absolute Gasteiger partial charge is 0.368 e. The van der Waals surface area contributed by atoms with Gasteiger partial charge in [0.15, 0.2) is 0 Å². The van der Waals surface area contributed by atoms with E-state index in [0.29, 0.717) is 16.3 Å². The maximum Gasteiger partial charge on any atom is 0.266 e. The molecule has 1 aromatic heterocycles. The number of primary amides is 1. The molecule has 3 N–H and O–H groups in total. The zero-order chi connectivity index (χ0) is 20.3. The Kier molecular flexibility index (Phi) is 5.48. The molecule has 0 spiro atoms. The van der Waals surface area contributed by atoms with E-state index in [1.54, 1.807) is 29.0 Å². The van der Waals surface area contributed by atoms with Gasteiger partial charge >= 0.3 is 0 Å². The molecule has 0 saturated heterocycles. The predicted octanol–water partition coefficient (Wildman–Crippen LogP) is 3.63. The van der Waals surface area contributed by atoms with E-state index in [2.05, 4.69) is 5.32 Å². The van der Waals surface area contributed by atoms with Crippen molar-refractivity contribution in [3.05, 3.63) is 70.4 Å². The van der Waals surface area contributed by atoms with Gasteiger partial charge in [0.1, 0.15) is 18.2 Å². The number of aromatic nitrogens is 1. The number of nitrogens with zero attached hydrogens (tertiary/aromatic N) is 2. The standard InChI is InChI=1S/C21H17ClN4O2/c1-13-6-7-16(22)9-18(13)25-21(28)14(10-23)8-15-11-26(12-20(24)27)19-5-3-2-4-17(15)19/h2-9,11H,12H2,1H3,(H2,24,27)(H,25,28). The lowest BCUT2D eigenvalue weighted by molar-refractivity contribution is -0.118. The smallest absolute Gasteiger partial charge is 0.266 e. The second kappa shape index (κ2) is 7.99. The molecule has 0 atom stereocenters. The van der Waals surface area contributed by atoms with Crippen molar-refractivity contribution in [1.82, 2.24) is 4.57 Å². The van der Waals surface area contributed by atoms with Gasteiger partial charge in [0.05, 0.1) is 0 Å². The average Bonchev–Trinajstić information content (AvgIpc) is 2.99. The van der Waals surface area contributed by atoms with Crippen LogP contribution in [0.4, 0.5) is 5.69 Å². The molecule has 28 heavy (non-hydrogen) atoms. The van der Waals surface area contributed by atoms with E-state index < -0.39 is 11.8 Å². The number of para-hydroxylation sites is 1. The van der Waals surface area contributed by atoms with Crippen molar-refractivity contribution in [2.75, 3.05) is 5.32 Å². The number of amides is 2. The Bertz CT molecular complexity index is 1150. The van der Waals surface area contributed by atoms with Crippen LogP contribution < -0.4 is 11.1 Å². The first kappa shape index (κ1) is 19.2. The SMILES string of the molecule is Cc1ccc(Cl)cc1NC(=O)C(C#N)=Cc1cn(CC(N)=O)c2ccccc12. The number of nitrogens with one attached hydrogen (secondary N) is 1. The quantitative estimate of drug-likeness (QED) is 0.512. The fourth-order valence-electron chi connectivity index (χ4n) is 2.91. The molecular formula is C21H17ClN4O2. The molecule has 0 radical (unpaired) electrons. The van der Waals surface area contributed by atoms with Crippen LogP contribution in [0.25, 0.3) is 17.0 Å². The maximum absolute atomic E-state index is 12.6. The summed E-state index contributed by atoms with van der Waals surface area (Å²) in [5.74, 6) is -1.02. The molecule has 3 rings (SSSR count). The van der Waals surface area contributed by atoms with Gasteiger partial charge in [-0.1, -0.05) is 35.9 Å². The highest BCUT2D eigenvalue weighted by atomic mass is 35.5. The zero-order valence-electron chi connectivity index (χ0n) is 15.1.